The number of carbonyl (C=O) groups is 1. The van der Waals surface area contributed by atoms with Gasteiger partial charge in [0.15, 0.2) is 11.5 Å². The SMILES string of the molecule is C=CC1=C(/C=C(\C)c2cccc(N(Cc3ccc(-c4nnc(C(F)(F)F)o4)cc3)C(=O)N(CCC)CCC)c2)OCO1. The van der Waals surface area contributed by atoms with Crippen molar-refractivity contribution in [1.29, 1.82) is 0 Å². The lowest BCUT2D eigenvalue weighted by Gasteiger charge is -2.31. The molecule has 0 radical (unpaired) electrons. The lowest BCUT2D eigenvalue weighted by atomic mass is 10.0. The van der Waals surface area contributed by atoms with Crippen LogP contribution in [-0.2, 0) is 22.2 Å². The number of urea groups is 1. The molecule has 0 unspecified atom stereocenters. The fraction of sp³-hybridized carbons (Fsp3) is 0.323. The zero-order valence-electron chi connectivity index (χ0n) is 23.8. The van der Waals surface area contributed by atoms with E-state index < -0.39 is 12.1 Å². The van der Waals surface area contributed by atoms with E-state index >= 15 is 0 Å². The van der Waals surface area contributed by atoms with Crippen molar-refractivity contribution in [3.8, 4) is 11.5 Å². The third-order valence-electron chi connectivity index (χ3n) is 6.52. The second-order valence-corrected chi connectivity index (χ2v) is 9.68. The van der Waals surface area contributed by atoms with Crippen LogP contribution in [0.1, 0.15) is 50.6 Å². The van der Waals surface area contributed by atoms with Gasteiger partial charge in [-0.25, -0.2) is 4.79 Å². The van der Waals surface area contributed by atoms with Crippen molar-refractivity contribution in [3.63, 3.8) is 0 Å². The number of benzene rings is 2. The molecular formula is C31H33F3N4O4. The molecule has 0 aliphatic carbocycles. The van der Waals surface area contributed by atoms with E-state index in [1.165, 1.54) is 0 Å². The Hall–Kier alpha value is -4.54. The second-order valence-electron chi connectivity index (χ2n) is 9.68. The molecule has 4 rings (SSSR count). The van der Waals surface area contributed by atoms with Crippen LogP contribution in [0.2, 0.25) is 0 Å². The van der Waals surface area contributed by atoms with Crippen LogP contribution in [0.15, 0.2) is 83.2 Å². The lowest BCUT2D eigenvalue weighted by Crippen LogP contribution is -2.43. The van der Waals surface area contributed by atoms with Crippen LogP contribution in [0.5, 0.6) is 0 Å². The first-order valence-corrected chi connectivity index (χ1v) is 13.6. The standard InChI is InChI=1S/C31H33F3N4O4/c1-5-15-37(16-6-2)30(39)38(19-22-11-13-23(14-12-22)28-35-36-29(42-28)31(32,33)34)25-10-8-9-24(18-25)21(4)17-27-26(7-3)40-20-41-27/h7-14,17-18H,3,5-6,15-16,19-20H2,1-2,4H3/b21-17+. The molecule has 2 aromatic carbocycles. The Kier molecular flexibility index (Phi) is 9.72. The molecule has 42 heavy (non-hydrogen) atoms. The predicted octanol–water partition coefficient (Wildman–Crippen LogP) is 7.81. The molecule has 0 fully saturated rings. The highest BCUT2D eigenvalue weighted by molar-refractivity contribution is 5.92. The first-order chi connectivity index (χ1) is 20.1. The van der Waals surface area contributed by atoms with Crippen molar-refractivity contribution < 1.29 is 31.9 Å². The number of aromatic nitrogens is 2. The molecule has 3 aromatic rings. The molecule has 0 spiro atoms. The van der Waals surface area contributed by atoms with Gasteiger partial charge >= 0.3 is 18.1 Å². The molecule has 222 valence electrons. The summed E-state index contributed by atoms with van der Waals surface area (Å²) in [7, 11) is 0. The van der Waals surface area contributed by atoms with Crippen molar-refractivity contribution >= 4 is 17.3 Å². The first-order valence-electron chi connectivity index (χ1n) is 13.6. The van der Waals surface area contributed by atoms with E-state index in [2.05, 4.69) is 16.8 Å². The van der Waals surface area contributed by atoms with Crippen LogP contribution in [0.3, 0.4) is 0 Å². The summed E-state index contributed by atoms with van der Waals surface area (Å²) in [6, 6.07) is 14.2. The van der Waals surface area contributed by atoms with Crippen LogP contribution in [-0.4, -0.2) is 41.0 Å². The Labute approximate surface area is 242 Å². The summed E-state index contributed by atoms with van der Waals surface area (Å²) in [5.41, 5.74) is 3.60. The summed E-state index contributed by atoms with van der Waals surface area (Å²) in [4.78, 5) is 17.4. The molecule has 0 atom stereocenters. The smallest absolute Gasteiger partial charge is 0.454 e. The first kappa shape index (κ1) is 30.4. The molecule has 1 aliphatic rings. The summed E-state index contributed by atoms with van der Waals surface area (Å²) >= 11 is 0. The van der Waals surface area contributed by atoms with Gasteiger partial charge in [0.1, 0.15) is 0 Å². The van der Waals surface area contributed by atoms with Gasteiger partial charge in [0.2, 0.25) is 12.7 Å². The summed E-state index contributed by atoms with van der Waals surface area (Å²) < 4.78 is 54.4. The van der Waals surface area contributed by atoms with Gasteiger partial charge in [-0.2, -0.15) is 13.2 Å². The van der Waals surface area contributed by atoms with Gasteiger partial charge in [0.05, 0.1) is 6.54 Å². The number of allylic oxidation sites excluding steroid dienone is 3. The number of hydrogen-bond acceptors (Lipinski definition) is 6. The highest BCUT2D eigenvalue weighted by atomic mass is 19.4. The van der Waals surface area contributed by atoms with Gasteiger partial charge in [0, 0.05) is 24.3 Å². The summed E-state index contributed by atoms with van der Waals surface area (Å²) in [6.07, 6.45) is 0.361. The Morgan fingerprint density at radius 2 is 1.71 bits per heavy atom. The fourth-order valence-electron chi connectivity index (χ4n) is 4.44. The Morgan fingerprint density at radius 3 is 2.33 bits per heavy atom. The quantitative estimate of drug-likeness (QED) is 0.229. The van der Waals surface area contributed by atoms with Crippen molar-refractivity contribution in [1.82, 2.24) is 15.1 Å². The summed E-state index contributed by atoms with van der Waals surface area (Å²) in [5, 5.41) is 6.61. The van der Waals surface area contributed by atoms with Crippen LogP contribution in [0.4, 0.5) is 23.7 Å². The zero-order chi connectivity index (χ0) is 30.3. The maximum absolute atomic E-state index is 13.9. The predicted molar refractivity (Wildman–Crippen MR) is 153 cm³/mol. The zero-order valence-corrected chi connectivity index (χ0v) is 23.8. The molecule has 0 N–H and O–H groups in total. The molecular weight excluding hydrogens is 549 g/mol. The van der Waals surface area contributed by atoms with E-state index in [0.29, 0.717) is 35.9 Å². The summed E-state index contributed by atoms with van der Waals surface area (Å²) in [5.74, 6) is -0.490. The van der Waals surface area contributed by atoms with Crippen LogP contribution in [0.25, 0.3) is 17.0 Å². The fourth-order valence-corrected chi connectivity index (χ4v) is 4.44. The second kappa shape index (κ2) is 13.4. The van der Waals surface area contributed by atoms with Gasteiger partial charge in [-0.3, -0.25) is 4.90 Å². The Balaban J connectivity index is 1.65. The largest absolute Gasteiger partial charge is 0.470 e. The van der Waals surface area contributed by atoms with E-state index in [1.54, 1.807) is 35.2 Å². The highest BCUT2D eigenvalue weighted by Crippen LogP contribution is 2.31. The topological polar surface area (TPSA) is 80.9 Å². The molecule has 2 heterocycles. The van der Waals surface area contributed by atoms with E-state index in [4.69, 9.17) is 13.9 Å². The normalized spacial score (nSPS) is 13.5. The van der Waals surface area contributed by atoms with Gasteiger partial charge in [0.25, 0.3) is 0 Å². The Bertz CT molecular complexity index is 1460. The molecule has 2 amide bonds. The maximum atomic E-state index is 13.9. The molecule has 0 saturated carbocycles. The number of ether oxygens (including phenoxy) is 2. The monoisotopic (exact) mass is 582 g/mol. The van der Waals surface area contributed by atoms with E-state index in [1.807, 2.05) is 56.0 Å². The lowest BCUT2D eigenvalue weighted by molar-refractivity contribution is -0.156. The average molecular weight is 583 g/mol. The number of amides is 2. The van der Waals surface area contributed by atoms with E-state index in [-0.39, 0.29) is 25.3 Å². The maximum Gasteiger partial charge on any atom is 0.470 e. The van der Waals surface area contributed by atoms with Crippen molar-refractivity contribution in [2.45, 2.75) is 46.3 Å². The minimum Gasteiger partial charge on any atom is -0.454 e. The minimum absolute atomic E-state index is 0.127. The number of anilines is 1. The van der Waals surface area contributed by atoms with Crippen molar-refractivity contribution in [2.24, 2.45) is 0 Å². The van der Waals surface area contributed by atoms with E-state index in [0.717, 1.165) is 29.5 Å². The van der Waals surface area contributed by atoms with Gasteiger partial charge in [-0.15, -0.1) is 10.2 Å². The highest BCUT2D eigenvalue weighted by Gasteiger charge is 2.38. The average Bonchev–Trinajstić information content (AvgIpc) is 3.66. The number of rotatable bonds is 11. The third kappa shape index (κ3) is 7.20. The van der Waals surface area contributed by atoms with Crippen molar-refractivity contribution in [2.75, 3.05) is 24.8 Å². The van der Waals surface area contributed by atoms with Gasteiger partial charge < -0.3 is 18.8 Å². The molecule has 0 bridgehead atoms. The number of nitrogens with zero attached hydrogens (tertiary/aromatic N) is 4. The van der Waals surface area contributed by atoms with Crippen LogP contribution < -0.4 is 4.90 Å². The van der Waals surface area contributed by atoms with Crippen LogP contribution in [0, 0.1) is 0 Å². The molecule has 1 aromatic heterocycles. The molecule has 0 saturated heterocycles. The molecule has 8 nitrogen and oxygen atoms in total. The van der Waals surface area contributed by atoms with Crippen LogP contribution >= 0.6 is 0 Å². The van der Waals surface area contributed by atoms with Gasteiger partial charge in [-0.05, 0) is 72.9 Å². The number of halogens is 3. The van der Waals surface area contributed by atoms with Gasteiger partial charge in [-0.1, -0.05) is 44.7 Å². The molecule has 11 heteroatoms. The summed E-state index contributed by atoms with van der Waals surface area (Å²) in [6.45, 7) is 11.3. The Morgan fingerprint density at radius 1 is 1.02 bits per heavy atom. The van der Waals surface area contributed by atoms with E-state index in [9.17, 15) is 18.0 Å². The number of hydrogen-bond donors (Lipinski definition) is 0. The number of carbonyl (C=O) groups excluding carboxylic acids is 1. The minimum atomic E-state index is -4.72. The number of alkyl halides is 3. The third-order valence-corrected chi connectivity index (χ3v) is 6.52. The van der Waals surface area contributed by atoms with Crippen molar-refractivity contribution in [3.05, 3.63) is 95.8 Å². The molecule has 1 aliphatic heterocycles.